The lowest BCUT2D eigenvalue weighted by molar-refractivity contribution is -0.119. The van der Waals surface area contributed by atoms with Crippen LogP contribution in [-0.2, 0) is 21.4 Å². The van der Waals surface area contributed by atoms with E-state index in [-0.39, 0.29) is 11.4 Å². The molecule has 0 saturated heterocycles. The number of hydrogen-bond acceptors (Lipinski definition) is 7. The number of halogens is 1. The van der Waals surface area contributed by atoms with E-state index in [1.54, 1.807) is 48.5 Å². The summed E-state index contributed by atoms with van der Waals surface area (Å²) in [5.74, 6) is 0.723. The van der Waals surface area contributed by atoms with E-state index in [1.165, 1.54) is 26.5 Å². The van der Waals surface area contributed by atoms with Crippen molar-refractivity contribution in [1.29, 1.82) is 0 Å². The third-order valence-electron chi connectivity index (χ3n) is 4.94. The number of sulfonamides is 1. The fourth-order valence-corrected chi connectivity index (χ4v) is 4.09. The average molecular weight is 532 g/mol. The van der Waals surface area contributed by atoms with Crippen LogP contribution in [0.1, 0.15) is 11.1 Å². The first-order valence-corrected chi connectivity index (χ1v) is 12.9. The van der Waals surface area contributed by atoms with E-state index in [0.717, 1.165) is 16.1 Å². The number of nitrogens with zero attached hydrogens (tertiary/aromatic N) is 2. The van der Waals surface area contributed by atoms with E-state index in [1.807, 2.05) is 12.1 Å². The summed E-state index contributed by atoms with van der Waals surface area (Å²) in [5, 5.41) is 4.59. The minimum Gasteiger partial charge on any atom is -0.497 e. The van der Waals surface area contributed by atoms with Crippen LogP contribution in [0.5, 0.6) is 17.2 Å². The van der Waals surface area contributed by atoms with Crippen molar-refractivity contribution in [3.63, 3.8) is 0 Å². The van der Waals surface area contributed by atoms with Crippen LogP contribution < -0.4 is 23.9 Å². The molecule has 0 aliphatic carbocycles. The number of hydrazone groups is 1. The molecule has 0 aliphatic rings. The largest absolute Gasteiger partial charge is 0.497 e. The summed E-state index contributed by atoms with van der Waals surface area (Å²) in [5.41, 5.74) is 4.22. The van der Waals surface area contributed by atoms with Crippen LogP contribution in [0.2, 0.25) is 5.02 Å². The number of hydrogen-bond donors (Lipinski definition) is 1. The molecule has 0 heterocycles. The molecule has 0 fully saturated rings. The van der Waals surface area contributed by atoms with Gasteiger partial charge in [-0.25, -0.2) is 13.8 Å². The highest BCUT2D eigenvalue weighted by molar-refractivity contribution is 7.92. The van der Waals surface area contributed by atoms with Gasteiger partial charge in [0.2, 0.25) is 10.0 Å². The molecule has 0 aromatic heterocycles. The Morgan fingerprint density at radius 3 is 2.28 bits per heavy atom. The molecule has 3 rings (SSSR count). The Bertz CT molecular complexity index is 1310. The Morgan fingerprint density at radius 2 is 1.67 bits per heavy atom. The second-order valence-electron chi connectivity index (χ2n) is 7.58. The smallest absolute Gasteiger partial charge is 0.260 e. The molecule has 3 aromatic rings. The number of amides is 1. The van der Waals surface area contributed by atoms with Crippen LogP contribution >= 0.6 is 11.6 Å². The third-order valence-corrected chi connectivity index (χ3v) is 6.32. The predicted octanol–water partition coefficient (Wildman–Crippen LogP) is 3.85. The molecule has 9 nitrogen and oxygen atoms in total. The summed E-state index contributed by atoms with van der Waals surface area (Å²) in [4.78, 5) is 12.5. The van der Waals surface area contributed by atoms with Crippen LogP contribution in [0.25, 0.3) is 0 Å². The van der Waals surface area contributed by atoms with Crippen LogP contribution in [0.3, 0.4) is 0 Å². The van der Waals surface area contributed by atoms with Gasteiger partial charge in [0.05, 0.1) is 32.4 Å². The number of nitrogens with one attached hydrogen (secondary N) is 1. The summed E-state index contributed by atoms with van der Waals surface area (Å²) >= 11 is 5.89. The molecule has 0 spiro atoms. The van der Waals surface area contributed by atoms with E-state index in [4.69, 9.17) is 25.8 Å². The van der Waals surface area contributed by atoms with Gasteiger partial charge >= 0.3 is 0 Å². The summed E-state index contributed by atoms with van der Waals surface area (Å²) < 4.78 is 41.9. The van der Waals surface area contributed by atoms with Crippen LogP contribution in [0.15, 0.2) is 71.8 Å². The van der Waals surface area contributed by atoms with Crippen molar-refractivity contribution in [2.24, 2.45) is 5.10 Å². The van der Waals surface area contributed by atoms with Crippen molar-refractivity contribution in [2.75, 3.05) is 31.3 Å². The molecule has 0 aliphatic heterocycles. The number of anilines is 1. The maximum atomic E-state index is 12.5. The molecule has 0 radical (unpaired) electrons. The maximum Gasteiger partial charge on any atom is 0.260 e. The molecule has 0 unspecified atom stereocenters. The van der Waals surface area contributed by atoms with Crippen molar-refractivity contribution in [3.05, 3.63) is 82.9 Å². The van der Waals surface area contributed by atoms with Gasteiger partial charge in [-0.15, -0.1) is 0 Å². The Morgan fingerprint density at radius 1 is 1.00 bits per heavy atom. The van der Waals surface area contributed by atoms with Gasteiger partial charge in [-0.05, 0) is 59.7 Å². The van der Waals surface area contributed by atoms with E-state index >= 15 is 0 Å². The standard InChI is InChI=1S/C25H26ClN3O6S/c1-33-22-12-13-24(34-2)23(14-22)29(36(3,31)32)16-25(30)28-27-15-18-6-10-21(11-7-18)35-17-19-4-8-20(26)9-5-19/h4-15H,16-17H2,1-3H3,(H,28,30)/b27-15-. The molecule has 0 saturated carbocycles. The molecular formula is C25H26ClN3O6S. The Labute approximate surface area is 215 Å². The first-order chi connectivity index (χ1) is 17.2. The summed E-state index contributed by atoms with van der Waals surface area (Å²) in [6.07, 6.45) is 2.44. The highest BCUT2D eigenvalue weighted by Gasteiger charge is 2.24. The lowest BCUT2D eigenvalue weighted by atomic mass is 10.2. The number of carbonyl (C=O) groups is 1. The quantitative estimate of drug-likeness (QED) is 0.297. The van der Waals surface area contributed by atoms with Gasteiger partial charge in [0.1, 0.15) is 30.4 Å². The van der Waals surface area contributed by atoms with E-state index in [9.17, 15) is 13.2 Å². The highest BCUT2D eigenvalue weighted by Crippen LogP contribution is 2.33. The molecule has 11 heteroatoms. The monoisotopic (exact) mass is 531 g/mol. The Balaban J connectivity index is 1.60. The van der Waals surface area contributed by atoms with Crippen molar-refractivity contribution in [2.45, 2.75) is 6.61 Å². The minimum atomic E-state index is -3.82. The second kappa shape index (κ2) is 12.3. The second-order valence-corrected chi connectivity index (χ2v) is 9.93. The molecule has 0 bridgehead atoms. The lowest BCUT2D eigenvalue weighted by Gasteiger charge is -2.23. The van der Waals surface area contributed by atoms with Crippen molar-refractivity contribution >= 4 is 39.4 Å². The summed E-state index contributed by atoms with van der Waals surface area (Å²) in [7, 11) is -0.954. The van der Waals surface area contributed by atoms with E-state index in [0.29, 0.717) is 28.7 Å². The van der Waals surface area contributed by atoms with Gasteiger partial charge in [0.25, 0.3) is 5.91 Å². The van der Waals surface area contributed by atoms with E-state index in [2.05, 4.69) is 10.5 Å². The molecule has 1 amide bonds. The van der Waals surface area contributed by atoms with Gasteiger partial charge in [-0.2, -0.15) is 5.10 Å². The zero-order valence-electron chi connectivity index (χ0n) is 20.0. The Kier molecular flexibility index (Phi) is 9.15. The number of methoxy groups -OCH3 is 2. The topological polar surface area (TPSA) is 107 Å². The van der Waals surface area contributed by atoms with Gasteiger partial charge < -0.3 is 14.2 Å². The van der Waals surface area contributed by atoms with Gasteiger partial charge in [-0.1, -0.05) is 23.7 Å². The normalized spacial score (nSPS) is 11.2. The first-order valence-electron chi connectivity index (χ1n) is 10.7. The number of benzene rings is 3. The number of ether oxygens (including phenoxy) is 3. The predicted molar refractivity (Wildman–Crippen MR) is 140 cm³/mol. The van der Waals surface area contributed by atoms with Crippen molar-refractivity contribution < 1.29 is 27.4 Å². The SMILES string of the molecule is COc1ccc(OC)c(N(CC(=O)N/N=C\c2ccc(OCc3ccc(Cl)cc3)cc2)S(C)(=O)=O)c1. The Hall–Kier alpha value is -3.76. The summed E-state index contributed by atoms with van der Waals surface area (Å²) in [6.45, 7) is -0.104. The lowest BCUT2D eigenvalue weighted by Crippen LogP contribution is -2.39. The molecule has 0 atom stereocenters. The van der Waals surface area contributed by atoms with Crippen molar-refractivity contribution in [1.82, 2.24) is 5.43 Å². The minimum absolute atomic E-state index is 0.174. The molecule has 1 N–H and O–H groups in total. The number of rotatable bonds is 11. The zero-order valence-corrected chi connectivity index (χ0v) is 21.5. The fourth-order valence-electron chi connectivity index (χ4n) is 3.11. The van der Waals surface area contributed by atoms with Gasteiger partial charge in [0, 0.05) is 11.1 Å². The molecule has 3 aromatic carbocycles. The fraction of sp³-hybridized carbons (Fsp3) is 0.200. The molecule has 190 valence electrons. The molecular weight excluding hydrogens is 506 g/mol. The summed E-state index contributed by atoms with van der Waals surface area (Å²) in [6, 6.07) is 19.2. The van der Waals surface area contributed by atoms with Gasteiger partial charge in [-0.3, -0.25) is 9.10 Å². The van der Waals surface area contributed by atoms with Gasteiger partial charge in [0.15, 0.2) is 0 Å². The average Bonchev–Trinajstić information content (AvgIpc) is 2.86. The third kappa shape index (κ3) is 7.62. The van der Waals surface area contributed by atoms with Crippen molar-refractivity contribution in [3.8, 4) is 17.2 Å². The maximum absolute atomic E-state index is 12.5. The highest BCUT2D eigenvalue weighted by atomic mass is 35.5. The van der Waals surface area contributed by atoms with Crippen LogP contribution in [-0.4, -0.2) is 47.6 Å². The van der Waals surface area contributed by atoms with E-state index < -0.39 is 22.5 Å². The van der Waals surface area contributed by atoms with Crippen LogP contribution in [0, 0.1) is 0 Å². The van der Waals surface area contributed by atoms with Crippen LogP contribution in [0.4, 0.5) is 5.69 Å². The number of carbonyl (C=O) groups excluding carboxylic acids is 1. The first kappa shape index (κ1) is 26.8. The molecule has 36 heavy (non-hydrogen) atoms. The zero-order chi connectivity index (χ0) is 26.1.